The zero-order chi connectivity index (χ0) is 14.4. The van der Waals surface area contributed by atoms with Crippen molar-refractivity contribution < 1.29 is 5.11 Å². The van der Waals surface area contributed by atoms with Crippen LogP contribution in [0, 0.1) is 0 Å². The molecule has 1 aromatic heterocycles. The molecule has 0 radical (unpaired) electrons. The summed E-state index contributed by atoms with van der Waals surface area (Å²) in [6, 6.07) is 10.2. The molecular formula is C15H22N4O. The Morgan fingerprint density at radius 3 is 2.55 bits per heavy atom. The van der Waals surface area contributed by atoms with E-state index in [-0.39, 0.29) is 12.6 Å². The molecule has 1 unspecified atom stereocenters. The van der Waals surface area contributed by atoms with E-state index in [4.69, 9.17) is 0 Å². The molecule has 0 aliphatic heterocycles. The number of nitrogens with one attached hydrogen (secondary N) is 1. The predicted molar refractivity (Wildman–Crippen MR) is 79.1 cm³/mol. The SMILES string of the molecule is CCC(CO)NCc1nn(CC)nc1-c1ccccc1. The van der Waals surface area contributed by atoms with Gasteiger partial charge in [0.15, 0.2) is 0 Å². The number of aryl methyl sites for hydroxylation is 1. The van der Waals surface area contributed by atoms with Crippen molar-refractivity contribution >= 4 is 0 Å². The fourth-order valence-electron chi connectivity index (χ4n) is 2.04. The van der Waals surface area contributed by atoms with E-state index in [1.165, 1.54) is 0 Å². The molecule has 2 N–H and O–H groups in total. The summed E-state index contributed by atoms with van der Waals surface area (Å²) in [6.07, 6.45) is 0.888. The Morgan fingerprint density at radius 1 is 1.20 bits per heavy atom. The van der Waals surface area contributed by atoms with E-state index < -0.39 is 0 Å². The maximum atomic E-state index is 9.24. The van der Waals surface area contributed by atoms with Crippen molar-refractivity contribution in [1.29, 1.82) is 0 Å². The van der Waals surface area contributed by atoms with Crippen molar-refractivity contribution in [3.05, 3.63) is 36.0 Å². The molecule has 0 fully saturated rings. The van der Waals surface area contributed by atoms with Gasteiger partial charge in [-0.3, -0.25) is 0 Å². The van der Waals surface area contributed by atoms with Crippen LogP contribution < -0.4 is 5.32 Å². The topological polar surface area (TPSA) is 63.0 Å². The number of aliphatic hydroxyl groups is 1. The van der Waals surface area contributed by atoms with E-state index in [2.05, 4.69) is 22.4 Å². The lowest BCUT2D eigenvalue weighted by Gasteiger charge is -2.12. The molecule has 0 saturated carbocycles. The highest BCUT2D eigenvalue weighted by molar-refractivity contribution is 5.60. The molecule has 0 aliphatic rings. The molecule has 1 heterocycles. The molecule has 5 nitrogen and oxygen atoms in total. The molecule has 5 heteroatoms. The number of hydrogen-bond donors (Lipinski definition) is 2. The highest BCUT2D eigenvalue weighted by Crippen LogP contribution is 2.19. The Kier molecular flexibility index (Phi) is 5.26. The van der Waals surface area contributed by atoms with Gasteiger partial charge < -0.3 is 10.4 Å². The molecule has 0 aliphatic carbocycles. The van der Waals surface area contributed by atoms with E-state index in [1.807, 2.05) is 37.3 Å². The number of aromatic nitrogens is 3. The van der Waals surface area contributed by atoms with Crippen LogP contribution in [0.3, 0.4) is 0 Å². The summed E-state index contributed by atoms with van der Waals surface area (Å²) in [6.45, 7) is 5.57. The third-order valence-corrected chi connectivity index (χ3v) is 3.33. The summed E-state index contributed by atoms with van der Waals surface area (Å²) >= 11 is 0. The van der Waals surface area contributed by atoms with E-state index in [0.717, 1.165) is 29.9 Å². The highest BCUT2D eigenvalue weighted by atomic mass is 16.3. The number of aliphatic hydroxyl groups excluding tert-OH is 1. The van der Waals surface area contributed by atoms with Crippen molar-refractivity contribution in [3.8, 4) is 11.3 Å². The third kappa shape index (κ3) is 3.43. The monoisotopic (exact) mass is 274 g/mol. The fourth-order valence-corrected chi connectivity index (χ4v) is 2.04. The summed E-state index contributed by atoms with van der Waals surface area (Å²) in [7, 11) is 0. The van der Waals surface area contributed by atoms with Gasteiger partial charge in [-0.1, -0.05) is 37.3 Å². The molecule has 20 heavy (non-hydrogen) atoms. The number of hydrogen-bond acceptors (Lipinski definition) is 4. The normalized spacial score (nSPS) is 12.6. The first-order chi connectivity index (χ1) is 9.78. The maximum Gasteiger partial charge on any atom is 0.117 e. The van der Waals surface area contributed by atoms with Crippen LogP contribution in [0.1, 0.15) is 26.0 Å². The zero-order valence-electron chi connectivity index (χ0n) is 12.1. The molecule has 0 saturated heterocycles. The van der Waals surface area contributed by atoms with Crippen LogP contribution in [0.4, 0.5) is 0 Å². The lowest BCUT2D eigenvalue weighted by Crippen LogP contribution is -2.31. The second-order valence-electron chi connectivity index (χ2n) is 4.72. The van der Waals surface area contributed by atoms with Crippen molar-refractivity contribution in [2.75, 3.05) is 6.61 Å². The van der Waals surface area contributed by atoms with E-state index in [9.17, 15) is 5.11 Å². The second kappa shape index (κ2) is 7.17. The first-order valence-corrected chi connectivity index (χ1v) is 7.12. The Morgan fingerprint density at radius 2 is 1.95 bits per heavy atom. The van der Waals surface area contributed by atoms with Gasteiger partial charge in [-0.15, -0.1) is 0 Å². The van der Waals surface area contributed by atoms with Crippen LogP contribution in [0.2, 0.25) is 0 Å². The molecule has 0 spiro atoms. The van der Waals surface area contributed by atoms with Crippen molar-refractivity contribution in [1.82, 2.24) is 20.3 Å². The lowest BCUT2D eigenvalue weighted by atomic mass is 10.1. The van der Waals surface area contributed by atoms with Gasteiger partial charge in [0.25, 0.3) is 0 Å². The summed E-state index contributed by atoms with van der Waals surface area (Å²) in [5, 5.41) is 21.6. The van der Waals surface area contributed by atoms with E-state index in [1.54, 1.807) is 4.80 Å². The maximum absolute atomic E-state index is 9.24. The van der Waals surface area contributed by atoms with Crippen LogP contribution in [0.25, 0.3) is 11.3 Å². The minimum absolute atomic E-state index is 0.102. The Bertz CT molecular complexity index is 520. The van der Waals surface area contributed by atoms with Gasteiger partial charge in [0.05, 0.1) is 13.2 Å². The van der Waals surface area contributed by atoms with Crippen molar-refractivity contribution in [2.24, 2.45) is 0 Å². The third-order valence-electron chi connectivity index (χ3n) is 3.33. The van der Waals surface area contributed by atoms with Gasteiger partial charge >= 0.3 is 0 Å². The molecule has 2 aromatic rings. The molecule has 1 aromatic carbocycles. The van der Waals surface area contributed by atoms with Crippen LogP contribution in [0.5, 0.6) is 0 Å². The van der Waals surface area contributed by atoms with Gasteiger partial charge in [-0.25, -0.2) is 0 Å². The average molecular weight is 274 g/mol. The summed E-state index contributed by atoms with van der Waals surface area (Å²) < 4.78 is 0. The van der Waals surface area contributed by atoms with Crippen LogP contribution in [-0.2, 0) is 13.1 Å². The van der Waals surface area contributed by atoms with Gasteiger partial charge in [0, 0.05) is 18.2 Å². The Balaban J connectivity index is 2.21. The molecule has 0 bridgehead atoms. The number of benzene rings is 1. The largest absolute Gasteiger partial charge is 0.395 e. The molecular weight excluding hydrogens is 252 g/mol. The smallest absolute Gasteiger partial charge is 0.117 e. The molecule has 0 amide bonds. The number of nitrogens with zero attached hydrogens (tertiary/aromatic N) is 3. The number of rotatable bonds is 7. The van der Waals surface area contributed by atoms with Crippen molar-refractivity contribution in [2.45, 2.75) is 39.4 Å². The highest BCUT2D eigenvalue weighted by Gasteiger charge is 2.13. The van der Waals surface area contributed by atoms with Crippen LogP contribution in [0.15, 0.2) is 30.3 Å². The van der Waals surface area contributed by atoms with Gasteiger partial charge in [-0.2, -0.15) is 15.0 Å². The van der Waals surface area contributed by atoms with Gasteiger partial charge in [0.1, 0.15) is 11.4 Å². The summed E-state index contributed by atoms with van der Waals surface area (Å²) in [5.41, 5.74) is 2.90. The van der Waals surface area contributed by atoms with Crippen LogP contribution in [-0.4, -0.2) is 32.7 Å². The standard InChI is InChI=1S/C15H22N4O/c1-3-13(11-20)16-10-14-15(18-19(4-2)17-14)12-8-6-5-7-9-12/h5-9,13,16,20H,3-4,10-11H2,1-2H3. The summed E-state index contributed by atoms with van der Waals surface area (Å²) in [4.78, 5) is 1.71. The quantitative estimate of drug-likeness (QED) is 0.808. The first kappa shape index (κ1) is 14.7. The van der Waals surface area contributed by atoms with Crippen molar-refractivity contribution in [3.63, 3.8) is 0 Å². The minimum Gasteiger partial charge on any atom is -0.395 e. The van der Waals surface area contributed by atoms with E-state index >= 15 is 0 Å². The zero-order valence-corrected chi connectivity index (χ0v) is 12.1. The summed E-state index contributed by atoms with van der Waals surface area (Å²) in [5.74, 6) is 0. The van der Waals surface area contributed by atoms with E-state index in [0.29, 0.717) is 6.54 Å². The Hall–Kier alpha value is -1.72. The lowest BCUT2D eigenvalue weighted by molar-refractivity contribution is 0.238. The van der Waals surface area contributed by atoms with Gasteiger partial charge in [-0.05, 0) is 13.3 Å². The molecule has 1 atom stereocenters. The fraction of sp³-hybridized carbons (Fsp3) is 0.467. The predicted octanol–water partition coefficient (Wildman–Crippen LogP) is 1.83. The average Bonchev–Trinajstić information content (AvgIpc) is 2.92. The second-order valence-corrected chi connectivity index (χ2v) is 4.72. The van der Waals surface area contributed by atoms with Gasteiger partial charge in [0.2, 0.25) is 0 Å². The molecule has 108 valence electrons. The minimum atomic E-state index is 0.102. The Labute approximate surface area is 119 Å². The molecule has 2 rings (SSSR count). The van der Waals surface area contributed by atoms with Crippen LogP contribution >= 0.6 is 0 Å². The first-order valence-electron chi connectivity index (χ1n) is 7.12.